The fourth-order valence-electron chi connectivity index (χ4n) is 0.343. The second kappa shape index (κ2) is 1.98. The van der Waals surface area contributed by atoms with Crippen molar-refractivity contribution in [3.63, 3.8) is 0 Å². The van der Waals surface area contributed by atoms with E-state index in [0.717, 1.165) is 5.03 Å². The second-order valence-electron chi connectivity index (χ2n) is 1.22. The lowest BCUT2D eigenvalue weighted by atomic mass is 11.0. The second-order valence-corrected chi connectivity index (χ2v) is 2.69. The van der Waals surface area contributed by atoms with Crippen molar-refractivity contribution < 1.29 is 0 Å². The standard InChI is InChI=1S/C3H6N2S2/c1-5-4-3(6)2-7-5/h2,4,6H,1H3. The molecule has 0 radical (unpaired) electrons. The van der Waals surface area contributed by atoms with Crippen molar-refractivity contribution in [1.82, 2.24) is 9.84 Å². The summed E-state index contributed by atoms with van der Waals surface area (Å²) >= 11 is 5.63. The SMILES string of the molecule is CN1NC(S)=CS1. The summed E-state index contributed by atoms with van der Waals surface area (Å²) in [6.07, 6.45) is 0. The average Bonchev–Trinajstić information content (AvgIpc) is 1.87. The van der Waals surface area contributed by atoms with Gasteiger partial charge in [-0.2, -0.15) is 4.41 Å². The number of nitrogens with zero attached hydrogens (tertiary/aromatic N) is 1. The van der Waals surface area contributed by atoms with Gasteiger partial charge in [-0.1, -0.05) is 0 Å². The summed E-state index contributed by atoms with van der Waals surface area (Å²) in [6.45, 7) is 0. The Hall–Kier alpha value is 0.200. The number of hydrogen-bond donors (Lipinski definition) is 2. The van der Waals surface area contributed by atoms with E-state index in [2.05, 4.69) is 18.1 Å². The predicted molar refractivity (Wildman–Crippen MR) is 35.6 cm³/mol. The van der Waals surface area contributed by atoms with E-state index >= 15 is 0 Å². The Morgan fingerprint density at radius 1 is 2.00 bits per heavy atom. The van der Waals surface area contributed by atoms with Gasteiger partial charge in [-0.15, -0.1) is 12.6 Å². The molecule has 0 fully saturated rings. The van der Waals surface area contributed by atoms with Crippen LogP contribution in [-0.2, 0) is 0 Å². The lowest BCUT2D eigenvalue weighted by Crippen LogP contribution is -2.19. The highest BCUT2D eigenvalue weighted by Gasteiger charge is 2.03. The van der Waals surface area contributed by atoms with Crippen LogP contribution in [0.5, 0.6) is 0 Å². The van der Waals surface area contributed by atoms with Gasteiger partial charge in [0.25, 0.3) is 0 Å². The summed E-state index contributed by atoms with van der Waals surface area (Å²) in [6, 6.07) is 0. The Morgan fingerprint density at radius 2 is 2.71 bits per heavy atom. The molecular formula is C3H6N2S2. The van der Waals surface area contributed by atoms with E-state index in [9.17, 15) is 0 Å². The number of thiol groups is 1. The summed E-state index contributed by atoms with van der Waals surface area (Å²) in [4.78, 5) is 0. The van der Waals surface area contributed by atoms with Crippen LogP contribution in [0.1, 0.15) is 0 Å². The highest BCUT2D eigenvalue weighted by molar-refractivity contribution is 8.01. The van der Waals surface area contributed by atoms with Crippen molar-refractivity contribution in [2.75, 3.05) is 7.05 Å². The maximum absolute atomic E-state index is 4.04. The Balaban J connectivity index is 2.42. The molecule has 0 aromatic rings. The third-order valence-corrected chi connectivity index (χ3v) is 1.75. The van der Waals surface area contributed by atoms with Crippen molar-refractivity contribution in [3.05, 3.63) is 10.4 Å². The van der Waals surface area contributed by atoms with Crippen molar-refractivity contribution in [2.24, 2.45) is 0 Å². The van der Waals surface area contributed by atoms with Crippen LogP contribution < -0.4 is 5.43 Å². The van der Waals surface area contributed by atoms with Gasteiger partial charge in [0, 0.05) is 12.5 Å². The van der Waals surface area contributed by atoms with Crippen LogP contribution in [0.25, 0.3) is 0 Å². The average molecular weight is 134 g/mol. The van der Waals surface area contributed by atoms with E-state index in [0.29, 0.717) is 0 Å². The molecule has 1 rings (SSSR count). The molecule has 0 amide bonds. The minimum absolute atomic E-state index is 0.910. The third-order valence-electron chi connectivity index (χ3n) is 0.594. The molecule has 7 heavy (non-hydrogen) atoms. The minimum Gasteiger partial charge on any atom is -0.303 e. The molecule has 0 atom stereocenters. The first kappa shape index (κ1) is 5.34. The maximum Gasteiger partial charge on any atom is 0.0880 e. The molecule has 4 heteroatoms. The molecule has 0 aromatic heterocycles. The van der Waals surface area contributed by atoms with E-state index < -0.39 is 0 Å². The number of rotatable bonds is 0. The van der Waals surface area contributed by atoms with E-state index in [-0.39, 0.29) is 0 Å². The minimum atomic E-state index is 0.910. The van der Waals surface area contributed by atoms with Crippen LogP contribution in [-0.4, -0.2) is 11.5 Å². The van der Waals surface area contributed by atoms with Gasteiger partial charge in [0.1, 0.15) is 0 Å². The van der Waals surface area contributed by atoms with Gasteiger partial charge in [-0.05, 0) is 11.9 Å². The molecule has 1 aliphatic heterocycles. The van der Waals surface area contributed by atoms with Crippen LogP contribution in [0.15, 0.2) is 10.4 Å². The summed E-state index contributed by atoms with van der Waals surface area (Å²) < 4.78 is 1.88. The molecule has 0 spiro atoms. The number of hydrogen-bond acceptors (Lipinski definition) is 4. The van der Waals surface area contributed by atoms with Gasteiger partial charge in [0.05, 0.1) is 5.03 Å². The smallest absolute Gasteiger partial charge is 0.0880 e. The Morgan fingerprint density at radius 3 is 2.86 bits per heavy atom. The highest BCUT2D eigenvalue weighted by Crippen LogP contribution is 2.17. The first-order valence-corrected chi connectivity index (χ1v) is 3.14. The van der Waals surface area contributed by atoms with E-state index in [1.807, 2.05) is 16.9 Å². The van der Waals surface area contributed by atoms with Crippen LogP contribution >= 0.6 is 24.6 Å². The summed E-state index contributed by atoms with van der Waals surface area (Å²) in [5, 5.41) is 2.84. The molecule has 0 aromatic carbocycles. The van der Waals surface area contributed by atoms with Gasteiger partial charge in [0.2, 0.25) is 0 Å². The zero-order valence-corrected chi connectivity index (χ0v) is 5.59. The fraction of sp³-hybridized carbons (Fsp3) is 0.333. The van der Waals surface area contributed by atoms with Gasteiger partial charge in [-0.3, -0.25) is 0 Å². The van der Waals surface area contributed by atoms with Crippen molar-refractivity contribution in [3.8, 4) is 0 Å². The summed E-state index contributed by atoms with van der Waals surface area (Å²) in [5.41, 5.74) is 2.94. The molecular weight excluding hydrogens is 128 g/mol. The molecule has 2 nitrogen and oxygen atoms in total. The Bertz CT molecular complexity index is 101. The number of nitrogens with one attached hydrogen (secondary N) is 1. The normalized spacial score (nSPS) is 21.7. The molecule has 0 saturated heterocycles. The van der Waals surface area contributed by atoms with Gasteiger partial charge in [-0.25, -0.2) is 0 Å². The maximum atomic E-state index is 4.04. The lowest BCUT2D eigenvalue weighted by Gasteiger charge is -2.04. The van der Waals surface area contributed by atoms with Crippen molar-refractivity contribution >= 4 is 24.6 Å². The van der Waals surface area contributed by atoms with E-state index in [4.69, 9.17) is 0 Å². The van der Waals surface area contributed by atoms with E-state index in [1.54, 1.807) is 11.9 Å². The highest BCUT2D eigenvalue weighted by atomic mass is 32.2. The van der Waals surface area contributed by atoms with E-state index in [1.165, 1.54) is 0 Å². The van der Waals surface area contributed by atoms with Gasteiger partial charge >= 0.3 is 0 Å². The third kappa shape index (κ3) is 1.29. The largest absolute Gasteiger partial charge is 0.303 e. The molecule has 40 valence electrons. The topological polar surface area (TPSA) is 15.3 Å². The Labute approximate surface area is 52.5 Å². The quantitative estimate of drug-likeness (QED) is 0.377. The van der Waals surface area contributed by atoms with Crippen LogP contribution in [0.4, 0.5) is 0 Å². The summed E-state index contributed by atoms with van der Waals surface area (Å²) in [7, 11) is 1.93. The number of hydrazine groups is 1. The molecule has 0 unspecified atom stereocenters. The van der Waals surface area contributed by atoms with Crippen molar-refractivity contribution in [2.45, 2.75) is 0 Å². The molecule has 1 aliphatic rings. The van der Waals surface area contributed by atoms with Crippen LogP contribution in [0.2, 0.25) is 0 Å². The predicted octanol–water partition coefficient (Wildman–Crippen LogP) is 0.813. The van der Waals surface area contributed by atoms with Crippen LogP contribution in [0.3, 0.4) is 0 Å². The molecule has 1 N–H and O–H groups in total. The van der Waals surface area contributed by atoms with Crippen molar-refractivity contribution in [1.29, 1.82) is 0 Å². The zero-order valence-electron chi connectivity index (χ0n) is 3.88. The molecule has 0 bridgehead atoms. The first-order valence-electron chi connectivity index (χ1n) is 1.85. The summed E-state index contributed by atoms with van der Waals surface area (Å²) in [5.74, 6) is 0. The lowest BCUT2D eigenvalue weighted by molar-refractivity contribution is 0.500. The molecule has 1 heterocycles. The molecule has 0 saturated carbocycles. The monoisotopic (exact) mass is 134 g/mol. The van der Waals surface area contributed by atoms with Crippen LogP contribution in [0, 0.1) is 0 Å². The van der Waals surface area contributed by atoms with Gasteiger partial charge in [0.15, 0.2) is 0 Å². The van der Waals surface area contributed by atoms with Gasteiger partial charge < -0.3 is 5.43 Å². The fourth-order valence-corrected chi connectivity index (χ4v) is 1.16. The molecule has 0 aliphatic carbocycles. The first-order chi connectivity index (χ1) is 3.29. The Kier molecular flexibility index (Phi) is 1.51. The zero-order chi connectivity index (χ0) is 5.28.